The minimum Gasteiger partial charge on any atom is -0.361 e. The topological polar surface area (TPSA) is 27.8 Å². The molecule has 108 valence electrons. The highest BCUT2D eigenvalue weighted by atomic mass is 79.9. The maximum atomic E-state index is 3.59. The summed E-state index contributed by atoms with van der Waals surface area (Å²) in [4.78, 5) is 3.26. The van der Waals surface area contributed by atoms with Crippen LogP contribution in [-0.4, -0.2) is 11.0 Å². The first-order valence-corrected chi connectivity index (χ1v) is 8.04. The number of halogens is 1. The highest BCUT2D eigenvalue weighted by Crippen LogP contribution is 2.15. The lowest BCUT2D eigenvalue weighted by Gasteiger charge is -2.14. The van der Waals surface area contributed by atoms with Crippen LogP contribution < -0.4 is 5.32 Å². The van der Waals surface area contributed by atoms with E-state index >= 15 is 0 Å². The molecule has 0 saturated carbocycles. The number of nitrogens with one attached hydrogen (secondary N) is 2. The molecule has 3 aromatic rings. The largest absolute Gasteiger partial charge is 0.361 e. The Morgan fingerprint density at radius 1 is 1.05 bits per heavy atom. The molecule has 2 aromatic carbocycles. The number of H-pyrrole nitrogens is 1. The lowest BCUT2D eigenvalue weighted by Crippen LogP contribution is -2.27. The van der Waals surface area contributed by atoms with Crippen LogP contribution in [0.5, 0.6) is 0 Å². The molecule has 1 aromatic heterocycles. The molecule has 1 heterocycles. The van der Waals surface area contributed by atoms with Gasteiger partial charge in [0.05, 0.1) is 0 Å². The number of aromatic nitrogens is 1. The molecule has 0 bridgehead atoms. The molecule has 2 nitrogen and oxygen atoms in total. The van der Waals surface area contributed by atoms with Crippen LogP contribution in [0.3, 0.4) is 0 Å². The van der Waals surface area contributed by atoms with Crippen LogP contribution >= 0.6 is 15.9 Å². The van der Waals surface area contributed by atoms with E-state index in [1.165, 1.54) is 22.0 Å². The summed E-state index contributed by atoms with van der Waals surface area (Å²) in [5.74, 6) is 0. The van der Waals surface area contributed by atoms with Gasteiger partial charge in [0.25, 0.3) is 0 Å². The van der Waals surface area contributed by atoms with Crippen molar-refractivity contribution >= 4 is 26.8 Å². The van der Waals surface area contributed by atoms with E-state index in [-0.39, 0.29) is 0 Å². The number of hydrogen-bond acceptors (Lipinski definition) is 1. The number of fused-ring (bicyclic) bond motifs is 1. The highest BCUT2D eigenvalue weighted by Gasteiger charge is 2.04. The Morgan fingerprint density at radius 3 is 2.62 bits per heavy atom. The van der Waals surface area contributed by atoms with Crippen molar-refractivity contribution in [1.29, 1.82) is 0 Å². The maximum Gasteiger partial charge on any atom is 0.0457 e. The molecule has 0 aliphatic heterocycles. The molecule has 2 N–H and O–H groups in total. The molecular formula is C18H19BrN2. The lowest BCUT2D eigenvalue weighted by atomic mass is 10.1. The number of benzene rings is 2. The van der Waals surface area contributed by atoms with E-state index in [0.29, 0.717) is 6.04 Å². The summed E-state index contributed by atoms with van der Waals surface area (Å²) in [6.45, 7) is 3.13. The van der Waals surface area contributed by atoms with Crippen molar-refractivity contribution in [3.05, 3.63) is 70.3 Å². The average Bonchev–Trinajstić information content (AvgIpc) is 2.95. The molecule has 0 aliphatic carbocycles. The Bertz CT molecular complexity index is 715. The Morgan fingerprint density at radius 2 is 1.81 bits per heavy atom. The van der Waals surface area contributed by atoms with Crippen molar-refractivity contribution in [3.63, 3.8) is 0 Å². The molecule has 1 unspecified atom stereocenters. The van der Waals surface area contributed by atoms with Gasteiger partial charge in [-0.25, -0.2) is 0 Å². The fraction of sp³-hybridized carbons (Fsp3) is 0.222. The SMILES string of the molecule is CC(Cc1ccc(Br)cc1)NCc1ccc2cc[nH]c2c1. The van der Waals surface area contributed by atoms with E-state index in [4.69, 9.17) is 0 Å². The van der Waals surface area contributed by atoms with E-state index < -0.39 is 0 Å². The molecule has 3 rings (SSSR count). The van der Waals surface area contributed by atoms with Crippen molar-refractivity contribution in [2.24, 2.45) is 0 Å². The van der Waals surface area contributed by atoms with E-state index in [0.717, 1.165) is 17.4 Å². The van der Waals surface area contributed by atoms with Gasteiger partial charge in [-0.2, -0.15) is 0 Å². The molecule has 3 heteroatoms. The van der Waals surface area contributed by atoms with E-state index in [2.05, 4.69) is 81.7 Å². The van der Waals surface area contributed by atoms with Crippen LogP contribution in [0, 0.1) is 0 Å². The Balaban J connectivity index is 1.57. The standard InChI is InChI=1S/C18H19BrN2/c1-13(10-14-3-6-17(19)7-4-14)21-12-15-2-5-16-8-9-20-18(16)11-15/h2-9,11,13,20-21H,10,12H2,1H3. The molecule has 21 heavy (non-hydrogen) atoms. The van der Waals surface area contributed by atoms with Gasteiger partial charge in [0.15, 0.2) is 0 Å². The summed E-state index contributed by atoms with van der Waals surface area (Å²) in [6.07, 6.45) is 3.02. The van der Waals surface area contributed by atoms with Gasteiger partial charge in [-0.05, 0) is 54.1 Å². The smallest absolute Gasteiger partial charge is 0.0457 e. The third-order valence-electron chi connectivity index (χ3n) is 3.73. The number of hydrogen-bond donors (Lipinski definition) is 2. The summed E-state index contributed by atoms with van der Waals surface area (Å²) in [5, 5.41) is 4.86. The van der Waals surface area contributed by atoms with Gasteiger partial charge < -0.3 is 10.3 Å². The van der Waals surface area contributed by atoms with Crippen LogP contribution in [0.2, 0.25) is 0 Å². The molecule has 0 amide bonds. The second kappa shape index (κ2) is 6.46. The van der Waals surface area contributed by atoms with E-state index in [9.17, 15) is 0 Å². The zero-order valence-corrected chi connectivity index (χ0v) is 13.7. The average molecular weight is 343 g/mol. The zero-order valence-electron chi connectivity index (χ0n) is 12.1. The van der Waals surface area contributed by atoms with Gasteiger partial charge in [-0.15, -0.1) is 0 Å². The van der Waals surface area contributed by atoms with Crippen LogP contribution in [0.4, 0.5) is 0 Å². The summed E-state index contributed by atoms with van der Waals surface area (Å²) in [6, 6.07) is 17.7. The van der Waals surface area contributed by atoms with E-state index in [1.54, 1.807) is 0 Å². The van der Waals surface area contributed by atoms with Gasteiger partial charge in [-0.1, -0.05) is 40.2 Å². The van der Waals surface area contributed by atoms with Gasteiger partial charge in [0, 0.05) is 28.8 Å². The third-order valence-corrected chi connectivity index (χ3v) is 4.26. The van der Waals surface area contributed by atoms with Gasteiger partial charge >= 0.3 is 0 Å². The van der Waals surface area contributed by atoms with Gasteiger partial charge in [0.1, 0.15) is 0 Å². The summed E-state index contributed by atoms with van der Waals surface area (Å²) < 4.78 is 1.13. The quantitative estimate of drug-likeness (QED) is 0.693. The molecule has 0 radical (unpaired) electrons. The molecule has 1 atom stereocenters. The molecule has 0 fully saturated rings. The first-order valence-electron chi connectivity index (χ1n) is 7.24. The molecule has 0 saturated heterocycles. The van der Waals surface area contributed by atoms with Crippen molar-refractivity contribution in [1.82, 2.24) is 10.3 Å². The molecule has 0 spiro atoms. The van der Waals surface area contributed by atoms with Crippen LogP contribution in [0.1, 0.15) is 18.1 Å². The molecule has 0 aliphatic rings. The summed E-state index contributed by atoms with van der Waals surface area (Å²) >= 11 is 3.47. The monoisotopic (exact) mass is 342 g/mol. The lowest BCUT2D eigenvalue weighted by molar-refractivity contribution is 0.545. The van der Waals surface area contributed by atoms with Crippen molar-refractivity contribution < 1.29 is 0 Å². The van der Waals surface area contributed by atoms with Crippen molar-refractivity contribution in [2.45, 2.75) is 25.9 Å². The maximum absolute atomic E-state index is 3.59. The van der Waals surface area contributed by atoms with Crippen LogP contribution in [0.25, 0.3) is 10.9 Å². The fourth-order valence-corrected chi connectivity index (χ4v) is 2.81. The van der Waals surface area contributed by atoms with Gasteiger partial charge in [0.2, 0.25) is 0 Å². The van der Waals surface area contributed by atoms with Gasteiger partial charge in [-0.3, -0.25) is 0 Å². The predicted octanol–water partition coefficient (Wildman–Crippen LogP) is 4.65. The first-order chi connectivity index (χ1) is 10.2. The minimum atomic E-state index is 0.450. The Labute approximate surface area is 133 Å². The second-order valence-electron chi connectivity index (χ2n) is 5.51. The zero-order chi connectivity index (χ0) is 14.7. The third kappa shape index (κ3) is 3.74. The van der Waals surface area contributed by atoms with Crippen LogP contribution in [-0.2, 0) is 13.0 Å². The van der Waals surface area contributed by atoms with Crippen molar-refractivity contribution in [2.75, 3.05) is 0 Å². The van der Waals surface area contributed by atoms with E-state index in [1.807, 2.05) is 6.20 Å². The first kappa shape index (κ1) is 14.4. The highest BCUT2D eigenvalue weighted by molar-refractivity contribution is 9.10. The minimum absolute atomic E-state index is 0.450. The second-order valence-corrected chi connectivity index (χ2v) is 6.43. The number of rotatable bonds is 5. The Hall–Kier alpha value is -1.58. The summed E-state index contributed by atoms with van der Waals surface area (Å²) in [5.41, 5.74) is 3.88. The number of aromatic amines is 1. The predicted molar refractivity (Wildman–Crippen MR) is 92.4 cm³/mol. The Kier molecular flexibility index (Phi) is 4.42. The molecular weight excluding hydrogens is 324 g/mol. The summed E-state index contributed by atoms with van der Waals surface area (Å²) in [7, 11) is 0. The fourth-order valence-electron chi connectivity index (χ4n) is 2.54. The normalized spacial score (nSPS) is 12.7. The van der Waals surface area contributed by atoms with Crippen LogP contribution in [0.15, 0.2) is 59.2 Å². The van der Waals surface area contributed by atoms with Crippen molar-refractivity contribution in [3.8, 4) is 0 Å².